The molecule has 1 aromatic carbocycles. The van der Waals surface area contributed by atoms with Gasteiger partial charge in [0.15, 0.2) is 12.1 Å². The predicted molar refractivity (Wildman–Crippen MR) is 98.6 cm³/mol. The molecule has 0 aromatic heterocycles. The maximum absolute atomic E-state index is 12.4. The van der Waals surface area contributed by atoms with Gasteiger partial charge in [0.1, 0.15) is 24.4 Å². The van der Waals surface area contributed by atoms with E-state index in [1.807, 2.05) is 12.1 Å². The van der Waals surface area contributed by atoms with E-state index in [1.165, 1.54) is 11.1 Å². The average molecular weight is 393 g/mol. The number of Topliss-reactive ketones (excluding diaryl/α,β-unsaturated/α-hetero) is 1. The summed E-state index contributed by atoms with van der Waals surface area (Å²) in [5.41, 5.74) is 3.05. The molecule has 28 heavy (non-hydrogen) atoms. The van der Waals surface area contributed by atoms with Crippen molar-refractivity contribution < 1.29 is 34.8 Å². The predicted octanol–water partition coefficient (Wildman–Crippen LogP) is -0.556. The summed E-state index contributed by atoms with van der Waals surface area (Å²) in [5, 5.41) is 41.2. The highest BCUT2D eigenvalue weighted by molar-refractivity contribution is 5.98. The Morgan fingerprint density at radius 2 is 1.75 bits per heavy atom. The van der Waals surface area contributed by atoms with Crippen LogP contribution < -0.4 is 5.32 Å². The lowest BCUT2D eigenvalue weighted by Crippen LogP contribution is -2.64. The number of ketones is 1. The molecule has 0 bridgehead atoms. The van der Waals surface area contributed by atoms with Gasteiger partial charge in [0, 0.05) is 18.4 Å². The molecule has 3 unspecified atom stereocenters. The molecular weight excluding hydrogens is 366 g/mol. The van der Waals surface area contributed by atoms with Gasteiger partial charge >= 0.3 is 0 Å². The summed E-state index contributed by atoms with van der Waals surface area (Å²) in [6.07, 6.45) is -1.51. The van der Waals surface area contributed by atoms with Crippen LogP contribution in [-0.2, 0) is 22.4 Å². The molecule has 1 amide bonds. The number of aliphatic hydroxyl groups excluding tert-OH is 4. The van der Waals surface area contributed by atoms with Gasteiger partial charge in [-0.3, -0.25) is 9.59 Å². The van der Waals surface area contributed by atoms with Crippen molar-refractivity contribution in [1.82, 2.24) is 5.32 Å². The zero-order valence-electron chi connectivity index (χ0n) is 15.6. The molecule has 0 saturated carbocycles. The molecule has 1 aromatic rings. The Labute approximate surface area is 163 Å². The first-order valence-electron chi connectivity index (χ1n) is 9.65. The minimum absolute atomic E-state index is 0.00773. The highest BCUT2D eigenvalue weighted by Crippen LogP contribution is 2.23. The van der Waals surface area contributed by atoms with Gasteiger partial charge in [0.25, 0.3) is 0 Å². The molecular formula is C20H27NO7. The summed E-state index contributed by atoms with van der Waals surface area (Å²) in [6.45, 7) is -0.578. The van der Waals surface area contributed by atoms with E-state index in [2.05, 4.69) is 5.32 Å². The van der Waals surface area contributed by atoms with Crippen LogP contribution in [0.25, 0.3) is 0 Å². The van der Waals surface area contributed by atoms with Gasteiger partial charge in [0.05, 0.1) is 6.61 Å². The minimum atomic E-state index is -1.57. The Morgan fingerprint density at radius 1 is 1.04 bits per heavy atom. The number of carbonyl (C=O) groups excluding carboxylic acids is 2. The molecule has 1 heterocycles. The first kappa shape index (κ1) is 20.9. The van der Waals surface area contributed by atoms with Gasteiger partial charge in [0.2, 0.25) is 5.91 Å². The Balaban J connectivity index is 1.53. The van der Waals surface area contributed by atoms with Crippen molar-refractivity contribution in [2.24, 2.45) is 0 Å². The third-order valence-corrected chi connectivity index (χ3v) is 5.48. The maximum atomic E-state index is 12.4. The van der Waals surface area contributed by atoms with E-state index in [-0.39, 0.29) is 18.6 Å². The van der Waals surface area contributed by atoms with Crippen LogP contribution in [-0.4, -0.2) is 69.4 Å². The topological polar surface area (TPSA) is 136 Å². The first-order chi connectivity index (χ1) is 13.4. The minimum Gasteiger partial charge on any atom is -0.394 e. The molecule has 1 saturated heterocycles. The van der Waals surface area contributed by atoms with E-state index < -0.39 is 43.2 Å². The van der Waals surface area contributed by atoms with Gasteiger partial charge in [-0.15, -0.1) is 0 Å². The van der Waals surface area contributed by atoms with Crippen LogP contribution >= 0.6 is 0 Å². The molecule has 2 aliphatic rings. The normalized spacial score (nSPS) is 29.8. The number of amides is 1. The Kier molecular flexibility index (Phi) is 6.79. The number of nitrogens with one attached hydrogen (secondary N) is 1. The van der Waals surface area contributed by atoms with Crippen molar-refractivity contribution in [3.05, 3.63) is 34.9 Å². The van der Waals surface area contributed by atoms with Crippen LogP contribution in [0.5, 0.6) is 0 Å². The van der Waals surface area contributed by atoms with Crippen molar-refractivity contribution in [3.63, 3.8) is 0 Å². The quantitative estimate of drug-likeness (QED) is 0.409. The molecule has 1 aliphatic carbocycles. The molecule has 154 valence electrons. The molecule has 5 N–H and O–H groups in total. The molecule has 0 radical (unpaired) electrons. The number of hydrogen-bond acceptors (Lipinski definition) is 7. The van der Waals surface area contributed by atoms with Crippen LogP contribution in [0, 0.1) is 0 Å². The molecule has 1 fully saturated rings. The summed E-state index contributed by atoms with van der Waals surface area (Å²) >= 11 is 0. The molecule has 3 rings (SSSR count). The Bertz CT molecular complexity index is 723. The summed E-state index contributed by atoms with van der Waals surface area (Å²) in [6, 6.07) is 4.43. The molecule has 0 spiro atoms. The lowest BCUT2D eigenvalue weighted by molar-refractivity contribution is -0.253. The number of rotatable bonds is 6. The number of ether oxygens (including phenoxy) is 1. The summed E-state index contributed by atoms with van der Waals surface area (Å²) < 4.78 is 4.99. The molecule has 1 aliphatic heterocycles. The fourth-order valence-electron chi connectivity index (χ4n) is 3.79. The smallest absolute Gasteiger partial charge is 0.220 e. The second-order valence-electron chi connectivity index (χ2n) is 7.44. The van der Waals surface area contributed by atoms with Crippen molar-refractivity contribution in [3.8, 4) is 0 Å². The van der Waals surface area contributed by atoms with E-state index in [0.717, 1.165) is 25.7 Å². The highest BCUT2D eigenvalue weighted by atomic mass is 16.6. The van der Waals surface area contributed by atoms with E-state index >= 15 is 0 Å². The molecule has 5 atom stereocenters. The van der Waals surface area contributed by atoms with Crippen molar-refractivity contribution >= 4 is 11.7 Å². The fourth-order valence-corrected chi connectivity index (χ4v) is 3.79. The van der Waals surface area contributed by atoms with Crippen molar-refractivity contribution in [2.45, 2.75) is 69.2 Å². The number of aryl methyl sites for hydroxylation is 2. The van der Waals surface area contributed by atoms with Crippen LogP contribution in [0.15, 0.2) is 18.2 Å². The second-order valence-corrected chi connectivity index (χ2v) is 7.44. The lowest BCUT2D eigenvalue weighted by Gasteiger charge is -2.40. The van der Waals surface area contributed by atoms with Gasteiger partial charge in [-0.2, -0.15) is 0 Å². The lowest BCUT2D eigenvalue weighted by atomic mass is 9.89. The number of hydrogen-bond donors (Lipinski definition) is 5. The summed E-state index contributed by atoms with van der Waals surface area (Å²) in [7, 11) is 0. The highest BCUT2D eigenvalue weighted by Gasteiger charge is 2.44. The summed E-state index contributed by atoms with van der Waals surface area (Å²) in [5.74, 6) is -0.697. The zero-order valence-corrected chi connectivity index (χ0v) is 15.6. The van der Waals surface area contributed by atoms with Gasteiger partial charge in [-0.25, -0.2) is 0 Å². The number of benzene rings is 1. The van der Waals surface area contributed by atoms with Gasteiger partial charge < -0.3 is 30.5 Å². The van der Waals surface area contributed by atoms with Crippen LogP contribution in [0.3, 0.4) is 0 Å². The van der Waals surface area contributed by atoms with E-state index in [4.69, 9.17) is 9.84 Å². The standard InChI is InChI=1S/C20H27NO7/c22-10-15-18(25)19(26)17(20(27)28-15)21-16(24)8-7-14(23)13-6-5-11-3-1-2-4-12(11)9-13/h5-6,9,15,17-20,22,25-27H,1-4,7-8,10H2,(H,21,24)/t15-,17?,18?,19-,20?/m1/s1. The first-order valence-corrected chi connectivity index (χ1v) is 9.65. The van der Waals surface area contributed by atoms with Gasteiger partial charge in [-0.1, -0.05) is 12.1 Å². The monoisotopic (exact) mass is 393 g/mol. The third-order valence-electron chi connectivity index (χ3n) is 5.48. The van der Waals surface area contributed by atoms with Gasteiger partial charge in [-0.05, 0) is 42.9 Å². The SMILES string of the molecule is O=C(CCC(=O)c1ccc2c(c1)CCCC2)NC1C(O)O[C@H](CO)C(O)[C@@H]1O. The van der Waals surface area contributed by atoms with E-state index in [0.29, 0.717) is 5.56 Å². The van der Waals surface area contributed by atoms with Crippen molar-refractivity contribution in [1.29, 1.82) is 0 Å². The van der Waals surface area contributed by atoms with Crippen LogP contribution in [0.2, 0.25) is 0 Å². The second kappa shape index (κ2) is 9.11. The Morgan fingerprint density at radius 3 is 2.46 bits per heavy atom. The van der Waals surface area contributed by atoms with Crippen LogP contribution in [0.1, 0.15) is 47.2 Å². The number of aliphatic hydroxyl groups is 4. The zero-order chi connectivity index (χ0) is 20.3. The largest absolute Gasteiger partial charge is 0.394 e. The summed E-state index contributed by atoms with van der Waals surface area (Å²) in [4.78, 5) is 24.6. The molecule has 8 nitrogen and oxygen atoms in total. The van der Waals surface area contributed by atoms with E-state index in [1.54, 1.807) is 6.07 Å². The third kappa shape index (κ3) is 4.59. The molecule has 8 heteroatoms. The number of fused-ring (bicyclic) bond motifs is 1. The average Bonchev–Trinajstić information content (AvgIpc) is 2.71. The maximum Gasteiger partial charge on any atom is 0.220 e. The number of carbonyl (C=O) groups is 2. The van der Waals surface area contributed by atoms with Crippen molar-refractivity contribution in [2.75, 3.05) is 6.61 Å². The fraction of sp³-hybridized carbons (Fsp3) is 0.600. The Hall–Kier alpha value is -1.84. The van der Waals surface area contributed by atoms with Crippen LogP contribution in [0.4, 0.5) is 0 Å². The van der Waals surface area contributed by atoms with E-state index in [9.17, 15) is 24.9 Å².